The molecule has 0 amide bonds. The minimum Gasteiger partial charge on any atom is -0.383 e. The molecule has 1 aromatic rings. The van der Waals surface area contributed by atoms with E-state index in [1.165, 1.54) is 0 Å². The molecule has 3 nitrogen and oxygen atoms in total. The molecule has 1 atom stereocenters. The van der Waals surface area contributed by atoms with Gasteiger partial charge in [-0.3, -0.25) is 4.98 Å². The first-order valence-electron chi connectivity index (χ1n) is 4.97. The Balaban J connectivity index is 2.41. The fraction of sp³-hybridized carbons (Fsp3) is 0.545. The van der Waals surface area contributed by atoms with Crippen molar-refractivity contribution in [2.24, 2.45) is 0 Å². The molecule has 0 radical (unpaired) electrons. The third-order valence-corrected chi connectivity index (χ3v) is 2.44. The van der Waals surface area contributed by atoms with E-state index in [0.717, 1.165) is 17.9 Å². The fourth-order valence-electron chi connectivity index (χ4n) is 1.31. The van der Waals surface area contributed by atoms with E-state index in [-0.39, 0.29) is 6.04 Å². The third-order valence-electron chi connectivity index (χ3n) is 2.07. The molecule has 0 aromatic carbocycles. The maximum atomic E-state index is 5.78. The summed E-state index contributed by atoms with van der Waals surface area (Å²) in [5.41, 5.74) is 2.06. The molecule has 0 bridgehead atoms. The molecule has 0 aliphatic heterocycles. The van der Waals surface area contributed by atoms with E-state index in [1.54, 1.807) is 7.11 Å². The van der Waals surface area contributed by atoms with Crippen LogP contribution in [-0.2, 0) is 11.3 Å². The van der Waals surface area contributed by atoms with Gasteiger partial charge in [-0.1, -0.05) is 6.07 Å². The minimum atomic E-state index is 0.180. The minimum absolute atomic E-state index is 0.180. The molecule has 1 aromatic heterocycles. The van der Waals surface area contributed by atoms with Gasteiger partial charge in [0.2, 0.25) is 0 Å². The highest BCUT2D eigenvalue weighted by atomic mass is 35.5. The van der Waals surface area contributed by atoms with Crippen molar-refractivity contribution in [3.05, 3.63) is 29.6 Å². The Morgan fingerprint density at radius 2 is 2.33 bits per heavy atom. The molecule has 0 aliphatic rings. The van der Waals surface area contributed by atoms with Gasteiger partial charge in [0.05, 0.1) is 12.3 Å². The number of aryl methyl sites for hydroxylation is 1. The summed E-state index contributed by atoms with van der Waals surface area (Å²) in [4.78, 5) is 4.39. The summed E-state index contributed by atoms with van der Waals surface area (Å²) in [6.07, 6.45) is 0. The lowest BCUT2D eigenvalue weighted by molar-refractivity contribution is 0.172. The van der Waals surface area contributed by atoms with Crippen molar-refractivity contribution in [1.29, 1.82) is 0 Å². The summed E-state index contributed by atoms with van der Waals surface area (Å²) in [7, 11) is 1.67. The molecule has 1 heterocycles. The van der Waals surface area contributed by atoms with Gasteiger partial charge in [-0.05, 0) is 19.1 Å². The zero-order valence-electron chi connectivity index (χ0n) is 9.16. The van der Waals surface area contributed by atoms with E-state index < -0.39 is 0 Å². The van der Waals surface area contributed by atoms with E-state index in [1.807, 2.05) is 25.1 Å². The fourth-order valence-corrected chi connectivity index (χ4v) is 1.50. The van der Waals surface area contributed by atoms with Crippen LogP contribution in [0.5, 0.6) is 0 Å². The second-order valence-electron chi connectivity index (χ2n) is 3.46. The SMILES string of the molecule is COCC(CCl)NCc1cccc(C)n1. The smallest absolute Gasteiger partial charge is 0.0627 e. The average molecular weight is 229 g/mol. The van der Waals surface area contributed by atoms with Gasteiger partial charge in [0.1, 0.15) is 0 Å². The molecular formula is C11H17ClN2O. The normalized spacial score (nSPS) is 12.7. The van der Waals surface area contributed by atoms with E-state index >= 15 is 0 Å². The lowest BCUT2D eigenvalue weighted by atomic mass is 10.3. The maximum Gasteiger partial charge on any atom is 0.0627 e. The first kappa shape index (κ1) is 12.4. The lowest BCUT2D eigenvalue weighted by Crippen LogP contribution is -2.34. The highest BCUT2D eigenvalue weighted by molar-refractivity contribution is 6.18. The summed E-state index contributed by atoms with van der Waals surface area (Å²) in [6.45, 7) is 3.33. The summed E-state index contributed by atoms with van der Waals surface area (Å²) < 4.78 is 5.04. The van der Waals surface area contributed by atoms with Gasteiger partial charge in [0.25, 0.3) is 0 Å². The van der Waals surface area contributed by atoms with Gasteiger partial charge < -0.3 is 10.1 Å². The van der Waals surface area contributed by atoms with Crippen LogP contribution in [0.1, 0.15) is 11.4 Å². The topological polar surface area (TPSA) is 34.1 Å². The van der Waals surface area contributed by atoms with Crippen LogP contribution in [0.25, 0.3) is 0 Å². The van der Waals surface area contributed by atoms with Crippen LogP contribution in [0.3, 0.4) is 0 Å². The number of pyridine rings is 1. The Labute approximate surface area is 95.8 Å². The molecule has 0 saturated heterocycles. The highest BCUT2D eigenvalue weighted by Gasteiger charge is 2.05. The van der Waals surface area contributed by atoms with Crippen molar-refractivity contribution in [3.8, 4) is 0 Å². The van der Waals surface area contributed by atoms with Gasteiger partial charge in [-0.2, -0.15) is 0 Å². The van der Waals surface area contributed by atoms with Gasteiger partial charge in [-0.15, -0.1) is 11.6 Å². The molecule has 1 N–H and O–H groups in total. The van der Waals surface area contributed by atoms with E-state index in [0.29, 0.717) is 12.5 Å². The summed E-state index contributed by atoms with van der Waals surface area (Å²) in [6, 6.07) is 6.17. The number of hydrogen-bond donors (Lipinski definition) is 1. The van der Waals surface area contributed by atoms with Gasteiger partial charge in [0.15, 0.2) is 0 Å². The number of halogens is 1. The summed E-state index contributed by atoms with van der Waals surface area (Å²) in [5, 5.41) is 3.29. The predicted octanol–water partition coefficient (Wildman–Crippen LogP) is 1.73. The number of aromatic nitrogens is 1. The Kier molecular flexibility index (Phi) is 5.61. The van der Waals surface area contributed by atoms with Crippen LogP contribution in [-0.4, -0.2) is 30.6 Å². The van der Waals surface area contributed by atoms with Crippen molar-refractivity contribution in [2.75, 3.05) is 19.6 Å². The third kappa shape index (κ3) is 4.60. The molecule has 0 fully saturated rings. The second kappa shape index (κ2) is 6.77. The first-order chi connectivity index (χ1) is 7.26. The summed E-state index contributed by atoms with van der Waals surface area (Å²) >= 11 is 5.78. The van der Waals surface area contributed by atoms with Gasteiger partial charge in [-0.25, -0.2) is 0 Å². The monoisotopic (exact) mass is 228 g/mol. The Morgan fingerprint density at radius 3 is 2.93 bits per heavy atom. The van der Waals surface area contributed by atoms with E-state index in [9.17, 15) is 0 Å². The number of hydrogen-bond acceptors (Lipinski definition) is 3. The molecular weight excluding hydrogens is 212 g/mol. The largest absolute Gasteiger partial charge is 0.383 e. The number of nitrogens with zero attached hydrogens (tertiary/aromatic N) is 1. The maximum absolute atomic E-state index is 5.78. The van der Waals surface area contributed by atoms with Crippen molar-refractivity contribution < 1.29 is 4.74 Å². The van der Waals surface area contributed by atoms with Crippen LogP contribution in [0.15, 0.2) is 18.2 Å². The highest BCUT2D eigenvalue weighted by Crippen LogP contribution is 1.99. The first-order valence-corrected chi connectivity index (χ1v) is 5.50. The standard InChI is InChI=1S/C11H17ClN2O/c1-9-4-3-5-10(14-9)7-13-11(6-12)8-15-2/h3-5,11,13H,6-8H2,1-2H3. The number of methoxy groups -OCH3 is 1. The quantitative estimate of drug-likeness (QED) is 0.754. The van der Waals surface area contributed by atoms with Crippen LogP contribution in [0.4, 0.5) is 0 Å². The van der Waals surface area contributed by atoms with Crippen LogP contribution in [0.2, 0.25) is 0 Å². The van der Waals surface area contributed by atoms with Crippen molar-refractivity contribution in [2.45, 2.75) is 19.5 Å². The zero-order valence-corrected chi connectivity index (χ0v) is 9.92. The molecule has 0 aliphatic carbocycles. The molecule has 1 rings (SSSR count). The van der Waals surface area contributed by atoms with Gasteiger partial charge >= 0.3 is 0 Å². The second-order valence-corrected chi connectivity index (χ2v) is 3.77. The van der Waals surface area contributed by atoms with Crippen molar-refractivity contribution >= 4 is 11.6 Å². The average Bonchev–Trinajstić information content (AvgIpc) is 2.24. The number of rotatable bonds is 6. The Morgan fingerprint density at radius 1 is 1.53 bits per heavy atom. The molecule has 1 unspecified atom stereocenters. The molecule has 4 heteroatoms. The van der Waals surface area contributed by atoms with E-state index in [4.69, 9.17) is 16.3 Å². The lowest BCUT2D eigenvalue weighted by Gasteiger charge is -2.14. The molecule has 0 saturated carbocycles. The number of alkyl halides is 1. The Bertz CT molecular complexity index is 294. The molecule has 0 spiro atoms. The van der Waals surface area contributed by atoms with E-state index in [2.05, 4.69) is 10.3 Å². The predicted molar refractivity (Wildman–Crippen MR) is 62.2 cm³/mol. The number of ether oxygens (including phenoxy) is 1. The zero-order chi connectivity index (χ0) is 11.1. The number of nitrogens with one attached hydrogen (secondary N) is 1. The molecule has 84 valence electrons. The van der Waals surface area contributed by atoms with Gasteiger partial charge in [0, 0.05) is 31.3 Å². The van der Waals surface area contributed by atoms with Crippen LogP contribution < -0.4 is 5.32 Å². The van der Waals surface area contributed by atoms with Crippen LogP contribution >= 0.6 is 11.6 Å². The molecule has 15 heavy (non-hydrogen) atoms. The van der Waals surface area contributed by atoms with Crippen LogP contribution in [0, 0.1) is 6.92 Å². The van der Waals surface area contributed by atoms with Crippen molar-refractivity contribution in [3.63, 3.8) is 0 Å². The van der Waals surface area contributed by atoms with Crippen molar-refractivity contribution in [1.82, 2.24) is 10.3 Å². The summed E-state index contributed by atoms with van der Waals surface area (Å²) in [5.74, 6) is 0.541. The Hall–Kier alpha value is -0.640.